The van der Waals surface area contributed by atoms with Gasteiger partial charge in [-0.05, 0) is 24.6 Å². The topological polar surface area (TPSA) is 53.5 Å². The van der Waals surface area contributed by atoms with Crippen molar-refractivity contribution in [3.63, 3.8) is 0 Å². The summed E-state index contributed by atoms with van der Waals surface area (Å²) in [6.45, 7) is 5.71. The molecule has 1 aliphatic heterocycles. The lowest BCUT2D eigenvalue weighted by Gasteiger charge is -2.35. The molecule has 4 rings (SSSR count). The number of ketones is 1. The molecule has 1 fully saturated rings. The Hall–Kier alpha value is -3.31. The van der Waals surface area contributed by atoms with E-state index < -0.39 is 0 Å². The first-order valence-corrected chi connectivity index (χ1v) is 10.2. The molecule has 0 bridgehead atoms. The molecule has 1 amide bonds. The van der Waals surface area contributed by atoms with Gasteiger partial charge < -0.3 is 4.90 Å². The van der Waals surface area contributed by atoms with Gasteiger partial charge in [0.05, 0.1) is 5.56 Å². The van der Waals surface area contributed by atoms with Crippen molar-refractivity contribution in [3.05, 3.63) is 101 Å². The molecule has 0 unspecified atom stereocenters. The Labute approximate surface area is 177 Å². The van der Waals surface area contributed by atoms with Gasteiger partial charge in [-0.15, -0.1) is 0 Å². The molecule has 2 heterocycles. The zero-order chi connectivity index (χ0) is 20.9. The quantitative estimate of drug-likeness (QED) is 0.616. The van der Waals surface area contributed by atoms with Crippen molar-refractivity contribution in [2.45, 2.75) is 13.5 Å². The molecule has 1 aliphatic rings. The molecule has 0 aliphatic carbocycles. The standard InChI is InChI=1S/C25H25N3O2/c1-19-8-10-21(11-9-19)24(29)22-6-2-3-7-23(22)25(30)28-15-13-27(14-16-28)18-20-5-4-12-26-17-20/h2-12,17H,13-16,18H2,1H3. The van der Waals surface area contributed by atoms with Crippen LogP contribution in [0, 0.1) is 6.92 Å². The van der Waals surface area contributed by atoms with Gasteiger partial charge in [-0.1, -0.05) is 54.1 Å². The lowest BCUT2D eigenvalue weighted by molar-refractivity contribution is 0.0625. The number of pyridine rings is 1. The molecular formula is C25H25N3O2. The highest BCUT2D eigenvalue weighted by Crippen LogP contribution is 2.18. The highest BCUT2D eigenvalue weighted by molar-refractivity contribution is 6.15. The third-order valence-corrected chi connectivity index (χ3v) is 5.50. The molecule has 0 atom stereocenters. The molecule has 2 aromatic carbocycles. The fourth-order valence-corrected chi connectivity index (χ4v) is 3.76. The summed E-state index contributed by atoms with van der Waals surface area (Å²) >= 11 is 0. The van der Waals surface area contributed by atoms with E-state index in [4.69, 9.17) is 0 Å². The van der Waals surface area contributed by atoms with E-state index in [-0.39, 0.29) is 11.7 Å². The number of carbonyl (C=O) groups excluding carboxylic acids is 2. The molecule has 3 aromatic rings. The molecule has 5 heteroatoms. The average molecular weight is 399 g/mol. The summed E-state index contributed by atoms with van der Waals surface area (Å²) in [6.07, 6.45) is 3.65. The van der Waals surface area contributed by atoms with Gasteiger partial charge >= 0.3 is 0 Å². The first-order valence-electron chi connectivity index (χ1n) is 10.2. The van der Waals surface area contributed by atoms with E-state index >= 15 is 0 Å². The van der Waals surface area contributed by atoms with E-state index in [9.17, 15) is 9.59 Å². The van der Waals surface area contributed by atoms with E-state index in [1.54, 1.807) is 18.3 Å². The number of benzene rings is 2. The van der Waals surface area contributed by atoms with Crippen molar-refractivity contribution < 1.29 is 9.59 Å². The van der Waals surface area contributed by atoms with Crippen LogP contribution in [0.25, 0.3) is 0 Å². The number of nitrogens with zero attached hydrogens (tertiary/aromatic N) is 3. The first-order chi connectivity index (χ1) is 14.6. The molecule has 0 spiro atoms. The summed E-state index contributed by atoms with van der Waals surface area (Å²) in [7, 11) is 0. The number of hydrogen-bond donors (Lipinski definition) is 0. The number of aromatic nitrogens is 1. The zero-order valence-electron chi connectivity index (χ0n) is 17.1. The smallest absolute Gasteiger partial charge is 0.254 e. The molecule has 0 radical (unpaired) electrons. The molecule has 30 heavy (non-hydrogen) atoms. The number of amides is 1. The molecule has 5 nitrogen and oxygen atoms in total. The fourth-order valence-electron chi connectivity index (χ4n) is 3.76. The van der Waals surface area contributed by atoms with E-state index in [0.29, 0.717) is 29.8 Å². The molecule has 1 aromatic heterocycles. The van der Waals surface area contributed by atoms with Crippen LogP contribution in [0.1, 0.15) is 37.4 Å². The van der Waals surface area contributed by atoms with Crippen LogP contribution in [0.3, 0.4) is 0 Å². The first kappa shape index (κ1) is 20.0. The summed E-state index contributed by atoms with van der Waals surface area (Å²) in [6, 6.07) is 18.6. The van der Waals surface area contributed by atoms with Crippen molar-refractivity contribution in [1.29, 1.82) is 0 Å². The van der Waals surface area contributed by atoms with Crippen molar-refractivity contribution in [3.8, 4) is 0 Å². The number of piperazine rings is 1. The van der Waals surface area contributed by atoms with Gasteiger partial charge in [-0.25, -0.2) is 0 Å². The summed E-state index contributed by atoms with van der Waals surface area (Å²) in [5.41, 5.74) is 3.81. The molecular weight excluding hydrogens is 374 g/mol. The van der Waals surface area contributed by atoms with E-state index in [1.165, 1.54) is 5.56 Å². The van der Waals surface area contributed by atoms with Crippen LogP contribution in [0.5, 0.6) is 0 Å². The highest BCUT2D eigenvalue weighted by Gasteiger charge is 2.25. The van der Waals surface area contributed by atoms with Crippen LogP contribution in [-0.2, 0) is 6.54 Å². The monoisotopic (exact) mass is 399 g/mol. The summed E-state index contributed by atoms with van der Waals surface area (Å²) in [4.78, 5) is 34.6. The SMILES string of the molecule is Cc1ccc(C(=O)c2ccccc2C(=O)N2CCN(Cc3cccnc3)CC2)cc1. The molecule has 0 N–H and O–H groups in total. The second-order valence-corrected chi connectivity index (χ2v) is 7.67. The number of carbonyl (C=O) groups is 2. The van der Waals surface area contributed by atoms with Crippen LogP contribution in [0.2, 0.25) is 0 Å². The van der Waals surface area contributed by atoms with Crippen LogP contribution in [-0.4, -0.2) is 52.7 Å². The number of rotatable bonds is 5. The minimum absolute atomic E-state index is 0.0768. The average Bonchev–Trinajstić information content (AvgIpc) is 2.80. The van der Waals surface area contributed by atoms with Gasteiger partial charge in [0.25, 0.3) is 5.91 Å². The predicted octanol–water partition coefficient (Wildman–Crippen LogP) is 3.58. The number of hydrogen-bond acceptors (Lipinski definition) is 4. The van der Waals surface area contributed by atoms with Crippen LogP contribution in [0.15, 0.2) is 73.1 Å². The van der Waals surface area contributed by atoms with Crippen LogP contribution >= 0.6 is 0 Å². The Morgan fingerprint density at radius 1 is 0.867 bits per heavy atom. The Kier molecular flexibility index (Phi) is 6.00. The predicted molar refractivity (Wildman–Crippen MR) is 116 cm³/mol. The van der Waals surface area contributed by atoms with Crippen molar-refractivity contribution >= 4 is 11.7 Å². The number of aryl methyl sites for hydroxylation is 1. The lowest BCUT2D eigenvalue weighted by Crippen LogP contribution is -2.48. The van der Waals surface area contributed by atoms with E-state index in [1.807, 2.05) is 60.5 Å². The van der Waals surface area contributed by atoms with Gasteiger partial charge in [0.1, 0.15) is 0 Å². The Morgan fingerprint density at radius 2 is 1.57 bits per heavy atom. The minimum atomic E-state index is -0.117. The summed E-state index contributed by atoms with van der Waals surface area (Å²) < 4.78 is 0. The Bertz CT molecular complexity index is 1020. The molecule has 0 saturated carbocycles. The highest BCUT2D eigenvalue weighted by atomic mass is 16.2. The van der Waals surface area contributed by atoms with Gasteiger partial charge in [0, 0.05) is 56.2 Å². The lowest BCUT2D eigenvalue weighted by atomic mass is 9.97. The third-order valence-electron chi connectivity index (χ3n) is 5.50. The largest absolute Gasteiger partial charge is 0.336 e. The third kappa shape index (κ3) is 4.47. The second kappa shape index (κ2) is 9.01. The van der Waals surface area contributed by atoms with Crippen LogP contribution in [0.4, 0.5) is 0 Å². The van der Waals surface area contributed by atoms with Crippen LogP contribution < -0.4 is 0 Å². The summed E-state index contributed by atoms with van der Waals surface area (Å²) in [5.74, 6) is -0.193. The maximum Gasteiger partial charge on any atom is 0.254 e. The zero-order valence-corrected chi connectivity index (χ0v) is 17.1. The second-order valence-electron chi connectivity index (χ2n) is 7.67. The minimum Gasteiger partial charge on any atom is -0.336 e. The fraction of sp³-hybridized carbons (Fsp3) is 0.240. The normalized spacial score (nSPS) is 14.5. The maximum atomic E-state index is 13.2. The Morgan fingerprint density at radius 3 is 2.23 bits per heavy atom. The van der Waals surface area contributed by atoms with Crippen molar-refractivity contribution in [1.82, 2.24) is 14.8 Å². The van der Waals surface area contributed by atoms with Gasteiger partial charge in [0.2, 0.25) is 0 Å². The maximum absolute atomic E-state index is 13.2. The van der Waals surface area contributed by atoms with Crippen molar-refractivity contribution in [2.75, 3.05) is 26.2 Å². The van der Waals surface area contributed by atoms with Gasteiger partial charge in [-0.3, -0.25) is 19.5 Å². The van der Waals surface area contributed by atoms with Gasteiger partial charge in [0.15, 0.2) is 5.78 Å². The van der Waals surface area contributed by atoms with Gasteiger partial charge in [-0.2, -0.15) is 0 Å². The Balaban J connectivity index is 1.45. The molecule has 152 valence electrons. The summed E-state index contributed by atoms with van der Waals surface area (Å²) in [5, 5.41) is 0. The molecule has 1 saturated heterocycles. The van der Waals surface area contributed by atoms with E-state index in [2.05, 4.69) is 16.0 Å². The van der Waals surface area contributed by atoms with E-state index in [0.717, 1.165) is 25.2 Å². The van der Waals surface area contributed by atoms with Crippen molar-refractivity contribution in [2.24, 2.45) is 0 Å².